The fourth-order valence-corrected chi connectivity index (χ4v) is 7.27. The number of halogens is 3. The molecule has 13 heteroatoms. The van der Waals surface area contributed by atoms with Crippen molar-refractivity contribution in [2.75, 3.05) is 10.3 Å². The standard InChI is InChI=1S/C41H47Cl3N6O4/c1-10-31(54-32-17-16-25(40(6,7)11-2)19-28(32)41(8,9)12-3)38(52)45-27-15-13-14-24(18-27)37(51)46-36-34(33-22(4)47-48-23(33)5)39(53)50(49-36)35-29(43)20-26(42)21-30(35)44/h13-21,31,34H,10-12H2,1-9H3,(H,45,52)(H,47,48)(H,46,49,51). The molecule has 1 aromatic heterocycles. The van der Waals surface area contributed by atoms with E-state index in [2.05, 4.69) is 79.6 Å². The third-order valence-corrected chi connectivity index (χ3v) is 11.2. The number of nitrogens with one attached hydrogen (secondary N) is 3. The number of hydrogen-bond acceptors (Lipinski definition) is 6. The second kappa shape index (κ2) is 16.2. The number of ether oxygens (including phenoxy) is 1. The lowest BCUT2D eigenvalue weighted by molar-refractivity contribution is -0.123. The average Bonchev–Trinajstić information content (AvgIpc) is 3.61. The maximum absolute atomic E-state index is 14.0. The molecule has 0 bridgehead atoms. The number of aromatic nitrogens is 2. The Morgan fingerprint density at radius 1 is 0.926 bits per heavy atom. The highest BCUT2D eigenvalue weighted by atomic mass is 35.5. The van der Waals surface area contributed by atoms with Crippen LogP contribution in [0.5, 0.6) is 5.75 Å². The smallest absolute Gasteiger partial charge is 0.265 e. The van der Waals surface area contributed by atoms with Crippen LogP contribution in [-0.4, -0.2) is 39.9 Å². The van der Waals surface area contributed by atoms with Crippen molar-refractivity contribution in [3.05, 3.63) is 103 Å². The molecule has 286 valence electrons. The summed E-state index contributed by atoms with van der Waals surface area (Å²) in [5.41, 5.74) is 4.59. The molecule has 54 heavy (non-hydrogen) atoms. The molecule has 3 N–H and O–H groups in total. The van der Waals surface area contributed by atoms with Crippen LogP contribution in [0.25, 0.3) is 0 Å². The normalized spacial score (nSPS) is 15.3. The van der Waals surface area contributed by atoms with Gasteiger partial charge in [-0.2, -0.15) is 15.2 Å². The molecule has 4 aromatic rings. The van der Waals surface area contributed by atoms with Crippen LogP contribution in [-0.2, 0) is 20.4 Å². The summed E-state index contributed by atoms with van der Waals surface area (Å²) in [6.45, 7) is 18.6. The third-order valence-electron chi connectivity index (χ3n) is 10.4. The van der Waals surface area contributed by atoms with Gasteiger partial charge in [0.25, 0.3) is 17.7 Å². The summed E-state index contributed by atoms with van der Waals surface area (Å²) >= 11 is 19.1. The van der Waals surface area contributed by atoms with Crippen molar-refractivity contribution < 1.29 is 19.1 Å². The zero-order valence-electron chi connectivity index (χ0n) is 32.1. The van der Waals surface area contributed by atoms with Gasteiger partial charge in [0.05, 0.1) is 15.7 Å². The molecule has 1 aliphatic rings. The van der Waals surface area contributed by atoms with E-state index < -0.39 is 23.8 Å². The Labute approximate surface area is 332 Å². The second-order valence-corrected chi connectivity index (χ2v) is 16.1. The number of carbonyl (C=O) groups is 3. The molecule has 3 amide bonds. The Morgan fingerprint density at radius 2 is 1.59 bits per heavy atom. The largest absolute Gasteiger partial charge is 0.480 e. The predicted octanol–water partition coefficient (Wildman–Crippen LogP) is 10.0. The molecule has 0 radical (unpaired) electrons. The van der Waals surface area contributed by atoms with E-state index in [0.717, 1.165) is 23.4 Å². The monoisotopic (exact) mass is 792 g/mol. The Hall–Kier alpha value is -4.38. The van der Waals surface area contributed by atoms with E-state index in [1.807, 2.05) is 13.0 Å². The van der Waals surface area contributed by atoms with Crippen LogP contribution >= 0.6 is 34.8 Å². The van der Waals surface area contributed by atoms with Crippen molar-refractivity contribution >= 4 is 69.7 Å². The number of aryl methyl sites for hydroxylation is 2. The van der Waals surface area contributed by atoms with E-state index in [4.69, 9.17) is 39.5 Å². The lowest BCUT2D eigenvalue weighted by Gasteiger charge is -2.31. The third kappa shape index (κ3) is 8.31. The van der Waals surface area contributed by atoms with Gasteiger partial charge < -0.3 is 15.4 Å². The predicted molar refractivity (Wildman–Crippen MR) is 218 cm³/mol. The molecule has 1 aliphatic heterocycles. The van der Waals surface area contributed by atoms with Crippen LogP contribution in [0.4, 0.5) is 11.4 Å². The summed E-state index contributed by atoms with van der Waals surface area (Å²) in [5.74, 6) is -1.70. The Bertz CT molecular complexity index is 2080. The number of hydrazone groups is 1. The summed E-state index contributed by atoms with van der Waals surface area (Å²) in [6.07, 6.45) is 1.50. The van der Waals surface area contributed by atoms with Gasteiger partial charge >= 0.3 is 0 Å². The fourth-order valence-electron chi connectivity index (χ4n) is 6.30. The Kier molecular flexibility index (Phi) is 12.2. The van der Waals surface area contributed by atoms with Crippen molar-refractivity contribution in [2.24, 2.45) is 5.10 Å². The lowest BCUT2D eigenvalue weighted by atomic mass is 9.76. The molecular formula is C41H47Cl3N6O4. The van der Waals surface area contributed by atoms with Gasteiger partial charge in [-0.25, -0.2) is 0 Å². The highest BCUT2D eigenvalue weighted by Crippen LogP contribution is 2.42. The topological polar surface area (TPSA) is 129 Å². The number of H-pyrrole nitrogens is 1. The highest BCUT2D eigenvalue weighted by Gasteiger charge is 2.43. The number of amides is 3. The number of amidine groups is 1. The fraction of sp³-hybridized carbons (Fsp3) is 0.390. The zero-order valence-corrected chi connectivity index (χ0v) is 34.3. The van der Waals surface area contributed by atoms with Crippen LogP contribution < -0.4 is 20.4 Å². The van der Waals surface area contributed by atoms with Gasteiger partial charge in [-0.1, -0.05) is 101 Å². The van der Waals surface area contributed by atoms with Crippen molar-refractivity contribution in [1.82, 2.24) is 15.5 Å². The molecule has 10 nitrogen and oxygen atoms in total. The van der Waals surface area contributed by atoms with Gasteiger partial charge in [0.15, 0.2) is 6.10 Å². The van der Waals surface area contributed by atoms with Gasteiger partial charge in [0, 0.05) is 33.1 Å². The van der Waals surface area contributed by atoms with E-state index >= 15 is 0 Å². The number of hydrogen-bond donors (Lipinski definition) is 3. The van der Waals surface area contributed by atoms with Crippen LogP contribution in [0.15, 0.2) is 59.7 Å². The molecule has 0 aliphatic carbocycles. The van der Waals surface area contributed by atoms with Crippen LogP contribution in [0.1, 0.15) is 112 Å². The quantitative estimate of drug-likeness (QED) is 0.132. The van der Waals surface area contributed by atoms with E-state index in [-0.39, 0.29) is 48.9 Å². The summed E-state index contributed by atoms with van der Waals surface area (Å²) < 4.78 is 6.45. The van der Waals surface area contributed by atoms with Crippen molar-refractivity contribution in [3.8, 4) is 5.75 Å². The zero-order chi connectivity index (χ0) is 39.7. The van der Waals surface area contributed by atoms with E-state index in [0.29, 0.717) is 34.8 Å². The second-order valence-electron chi connectivity index (χ2n) is 14.9. The number of aromatic amines is 1. The molecule has 0 saturated heterocycles. The number of carbonyl (C=O) groups excluding carboxylic acids is 3. The number of rotatable bonds is 12. The molecule has 0 spiro atoms. The van der Waals surface area contributed by atoms with Crippen molar-refractivity contribution in [2.45, 2.75) is 104 Å². The van der Waals surface area contributed by atoms with Gasteiger partial charge in [-0.3, -0.25) is 19.5 Å². The van der Waals surface area contributed by atoms with Crippen molar-refractivity contribution in [3.63, 3.8) is 0 Å². The SMILES string of the molecule is CCC(Oc1ccc(C(C)(C)CC)cc1C(C)(C)CC)C(=O)Nc1cccc(C(=O)NC2=NN(c3c(Cl)cc(Cl)cc3Cl)C(=O)C2c2c(C)n[nH]c2C)c1. The number of nitrogens with zero attached hydrogens (tertiary/aromatic N) is 3. The van der Waals surface area contributed by atoms with Gasteiger partial charge in [0.2, 0.25) is 0 Å². The van der Waals surface area contributed by atoms with Gasteiger partial charge in [0.1, 0.15) is 23.2 Å². The molecule has 0 fully saturated rings. The summed E-state index contributed by atoms with van der Waals surface area (Å²) in [5, 5.41) is 19.0. The minimum absolute atomic E-state index is 0.00853. The maximum atomic E-state index is 14.0. The molecular weight excluding hydrogens is 747 g/mol. The first-order valence-electron chi connectivity index (χ1n) is 18.0. The van der Waals surface area contributed by atoms with E-state index in [9.17, 15) is 14.4 Å². The van der Waals surface area contributed by atoms with E-state index in [1.165, 1.54) is 17.7 Å². The minimum atomic E-state index is -1.02. The van der Waals surface area contributed by atoms with E-state index in [1.54, 1.807) is 38.1 Å². The Morgan fingerprint density at radius 3 is 2.19 bits per heavy atom. The molecule has 5 rings (SSSR count). The number of anilines is 2. The van der Waals surface area contributed by atoms with Gasteiger partial charge in [-0.05, 0) is 85.9 Å². The van der Waals surface area contributed by atoms with Crippen molar-refractivity contribution in [1.29, 1.82) is 0 Å². The average molecular weight is 794 g/mol. The molecule has 0 saturated carbocycles. The maximum Gasteiger partial charge on any atom is 0.265 e. The first kappa shape index (κ1) is 40.8. The molecule has 3 aromatic carbocycles. The lowest BCUT2D eigenvalue weighted by Crippen LogP contribution is -2.36. The summed E-state index contributed by atoms with van der Waals surface area (Å²) in [4.78, 5) is 41.5. The van der Waals surface area contributed by atoms with Crippen LogP contribution in [0, 0.1) is 13.8 Å². The molecule has 2 heterocycles. The molecule has 2 unspecified atom stereocenters. The summed E-state index contributed by atoms with van der Waals surface area (Å²) in [6, 6.07) is 15.7. The first-order valence-corrected chi connectivity index (χ1v) is 19.2. The van der Waals surface area contributed by atoms with Gasteiger partial charge in [-0.15, -0.1) is 0 Å². The Balaban J connectivity index is 1.39. The van der Waals surface area contributed by atoms with Crippen LogP contribution in [0.3, 0.4) is 0 Å². The van der Waals surface area contributed by atoms with Crippen LogP contribution in [0.2, 0.25) is 15.1 Å². The number of benzene rings is 3. The minimum Gasteiger partial charge on any atom is -0.480 e. The highest BCUT2D eigenvalue weighted by molar-refractivity contribution is 6.43. The summed E-state index contributed by atoms with van der Waals surface area (Å²) in [7, 11) is 0. The molecule has 2 atom stereocenters. The first-order chi connectivity index (χ1) is 25.4.